The first-order chi connectivity index (χ1) is 16.8. The Bertz CT molecular complexity index is 955. The number of nitrogens with zero attached hydrogens (tertiary/aromatic N) is 1. The number of methoxy groups -OCH3 is 1. The molecule has 0 spiro atoms. The van der Waals surface area contributed by atoms with E-state index < -0.39 is 24.1 Å². The first-order valence-electron chi connectivity index (χ1n) is 12.7. The van der Waals surface area contributed by atoms with Crippen LogP contribution in [0.4, 0.5) is 4.39 Å². The Morgan fingerprint density at radius 3 is 2.80 bits per heavy atom. The number of alkyl halides is 1. The first kappa shape index (κ1) is 28.0. The molecule has 0 saturated heterocycles. The average molecular weight is 526 g/mol. The summed E-state index contributed by atoms with van der Waals surface area (Å²) >= 11 is 7.67. The van der Waals surface area contributed by atoms with E-state index in [0.717, 1.165) is 68.3 Å². The SMILES string of the molecule is CCCCCC(O)c1cccc(CCC2C(Cl)CC(O)[C@@H]2CCCc2nc(F)c(C(=O)OC)s2)c1. The summed E-state index contributed by atoms with van der Waals surface area (Å²) in [5.41, 5.74) is 2.14. The molecule has 2 aromatic rings. The molecule has 194 valence electrons. The van der Waals surface area contributed by atoms with Gasteiger partial charge in [-0.05, 0) is 67.9 Å². The number of aromatic nitrogens is 1. The topological polar surface area (TPSA) is 79.7 Å². The van der Waals surface area contributed by atoms with Crippen LogP contribution in [0.3, 0.4) is 0 Å². The highest BCUT2D eigenvalue weighted by Gasteiger charge is 2.40. The number of aryl methyl sites for hydroxylation is 2. The third kappa shape index (κ3) is 7.72. The molecule has 1 aliphatic carbocycles. The van der Waals surface area contributed by atoms with Crippen molar-refractivity contribution >= 4 is 28.9 Å². The maximum absolute atomic E-state index is 13.9. The van der Waals surface area contributed by atoms with Gasteiger partial charge in [0, 0.05) is 5.38 Å². The number of hydrogen-bond donors (Lipinski definition) is 2. The number of carbonyl (C=O) groups excluding carboxylic acids is 1. The van der Waals surface area contributed by atoms with Crippen LogP contribution in [0.2, 0.25) is 0 Å². The summed E-state index contributed by atoms with van der Waals surface area (Å²) in [5.74, 6) is -1.23. The van der Waals surface area contributed by atoms with E-state index in [-0.39, 0.29) is 22.1 Å². The van der Waals surface area contributed by atoms with Gasteiger partial charge < -0.3 is 14.9 Å². The van der Waals surface area contributed by atoms with E-state index in [1.807, 2.05) is 12.1 Å². The number of halogens is 2. The number of benzene rings is 1. The lowest BCUT2D eigenvalue weighted by Gasteiger charge is -2.23. The highest BCUT2D eigenvalue weighted by atomic mass is 35.5. The number of aliphatic hydroxyl groups excluding tert-OH is 2. The summed E-state index contributed by atoms with van der Waals surface area (Å²) < 4.78 is 18.5. The normalized spacial score (nSPS) is 22.9. The summed E-state index contributed by atoms with van der Waals surface area (Å²) in [6.07, 6.45) is 7.50. The number of esters is 1. The molecule has 0 aliphatic heterocycles. The number of thiazole rings is 1. The summed E-state index contributed by atoms with van der Waals surface area (Å²) in [4.78, 5) is 15.4. The molecule has 0 amide bonds. The van der Waals surface area contributed by atoms with E-state index in [0.29, 0.717) is 17.8 Å². The van der Waals surface area contributed by atoms with E-state index in [1.165, 1.54) is 12.7 Å². The molecular weight excluding hydrogens is 489 g/mol. The van der Waals surface area contributed by atoms with E-state index >= 15 is 0 Å². The number of hydrogen-bond acceptors (Lipinski definition) is 6. The summed E-state index contributed by atoms with van der Waals surface area (Å²) in [6, 6.07) is 8.17. The van der Waals surface area contributed by atoms with Gasteiger partial charge in [-0.3, -0.25) is 0 Å². The van der Waals surface area contributed by atoms with Gasteiger partial charge in [-0.15, -0.1) is 22.9 Å². The fourth-order valence-electron chi connectivity index (χ4n) is 5.14. The van der Waals surface area contributed by atoms with Crippen LogP contribution in [0.5, 0.6) is 0 Å². The van der Waals surface area contributed by atoms with Gasteiger partial charge in [-0.25, -0.2) is 9.78 Å². The molecule has 1 fully saturated rings. The zero-order valence-electron chi connectivity index (χ0n) is 20.6. The molecule has 0 radical (unpaired) electrons. The maximum atomic E-state index is 13.9. The molecule has 5 atom stereocenters. The Hall–Kier alpha value is -1.54. The molecule has 1 aromatic carbocycles. The second-order valence-corrected chi connectivity index (χ2v) is 11.2. The van der Waals surface area contributed by atoms with Crippen molar-refractivity contribution in [1.82, 2.24) is 4.98 Å². The fraction of sp³-hybridized carbons (Fsp3) is 0.630. The third-order valence-corrected chi connectivity index (χ3v) is 8.66. The lowest BCUT2D eigenvalue weighted by molar-refractivity contribution is 0.0600. The first-order valence-corrected chi connectivity index (χ1v) is 13.9. The second-order valence-electron chi connectivity index (χ2n) is 9.55. The molecule has 0 bridgehead atoms. The van der Waals surface area contributed by atoms with Crippen LogP contribution < -0.4 is 0 Å². The van der Waals surface area contributed by atoms with Crippen molar-refractivity contribution in [2.75, 3.05) is 7.11 Å². The minimum atomic E-state index is -0.783. The monoisotopic (exact) mass is 525 g/mol. The van der Waals surface area contributed by atoms with E-state index in [1.54, 1.807) is 0 Å². The quantitative estimate of drug-likeness (QED) is 0.184. The molecule has 1 aromatic heterocycles. The number of aliphatic hydroxyl groups is 2. The van der Waals surface area contributed by atoms with Gasteiger partial charge in [0.25, 0.3) is 0 Å². The van der Waals surface area contributed by atoms with Crippen molar-refractivity contribution in [1.29, 1.82) is 0 Å². The Kier molecular flexibility index (Phi) is 11.0. The van der Waals surface area contributed by atoms with Gasteiger partial charge in [0.05, 0.1) is 24.3 Å². The summed E-state index contributed by atoms with van der Waals surface area (Å²) in [7, 11) is 1.22. The highest BCUT2D eigenvalue weighted by molar-refractivity contribution is 7.13. The summed E-state index contributed by atoms with van der Waals surface area (Å²) in [6.45, 7) is 2.16. The molecule has 1 aliphatic rings. The Morgan fingerprint density at radius 1 is 1.26 bits per heavy atom. The van der Waals surface area contributed by atoms with Crippen molar-refractivity contribution in [2.45, 2.75) is 88.7 Å². The van der Waals surface area contributed by atoms with Gasteiger partial charge >= 0.3 is 5.97 Å². The van der Waals surface area contributed by atoms with Crippen LogP contribution in [0, 0.1) is 17.8 Å². The summed E-state index contributed by atoms with van der Waals surface area (Å²) in [5, 5.41) is 21.6. The Labute approximate surface area is 216 Å². The molecule has 8 heteroatoms. The molecular formula is C27H37ClFNO4S. The largest absolute Gasteiger partial charge is 0.465 e. The predicted octanol–water partition coefficient (Wildman–Crippen LogP) is 6.24. The number of ether oxygens (including phenoxy) is 1. The maximum Gasteiger partial charge on any atom is 0.352 e. The number of carbonyl (C=O) groups is 1. The van der Waals surface area contributed by atoms with Gasteiger partial charge in [0.2, 0.25) is 5.95 Å². The smallest absolute Gasteiger partial charge is 0.352 e. The lowest BCUT2D eigenvalue weighted by Crippen LogP contribution is -2.21. The van der Waals surface area contributed by atoms with Gasteiger partial charge in [-0.2, -0.15) is 4.39 Å². The second kappa shape index (κ2) is 13.7. The molecule has 2 N–H and O–H groups in total. The van der Waals surface area contributed by atoms with Crippen LogP contribution in [0.15, 0.2) is 24.3 Å². The molecule has 35 heavy (non-hydrogen) atoms. The van der Waals surface area contributed by atoms with Crippen molar-refractivity contribution in [3.05, 3.63) is 51.2 Å². The van der Waals surface area contributed by atoms with Gasteiger partial charge in [0.15, 0.2) is 4.88 Å². The van der Waals surface area contributed by atoms with Crippen molar-refractivity contribution < 1.29 is 24.1 Å². The van der Waals surface area contributed by atoms with Crippen LogP contribution in [-0.2, 0) is 17.6 Å². The van der Waals surface area contributed by atoms with Gasteiger partial charge in [-0.1, -0.05) is 50.5 Å². The number of unbranched alkanes of at least 4 members (excludes halogenated alkanes) is 2. The highest BCUT2D eigenvalue weighted by Crippen LogP contribution is 2.41. The fourth-order valence-corrected chi connectivity index (χ4v) is 6.54. The van der Waals surface area contributed by atoms with Crippen LogP contribution >= 0.6 is 22.9 Å². The van der Waals surface area contributed by atoms with Crippen molar-refractivity contribution in [3.63, 3.8) is 0 Å². The standard InChI is InChI=1S/C27H37ClFNO4S/c1-3-4-5-11-22(31)18-9-6-8-17(15-18)13-14-19-20(23(32)16-21(19)28)10-7-12-24-30-26(29)25(35-24)27(33)34-2/h6,8-9,15,19-23,31-32H,3-5,7,10-14,16H2,1-2H3/t19?,20-,21?,22?,23?/m1/s1. The Balaban J connectivity index is 1.54. The zero-order chi connectivity index (χ0) is 25.4. The molecule has 1 heterocycles. The van der Waals surface area contributed by atoms with E-state index in [9.17, 15) is 19.4 Å². The Morgan fingerprint density at radius 2 is 2.06 bits per heavy atom. The van der Waals surface area contributed by atoms with E-state index in [2.05, 4.69) is 28.8 Å². The zero-order valence-corrected chi connectivity index (χ0v) is 22.2. The third-order valence-electron chi connectivity index (χ3n) is 7.09. The van der Waals surface area contributed by atoms with Crippen LogP contribution in [0.1, 0.15) is 90.2 Å². The minimum Gasteiger partial charge on any atom is -0.465 e. The lowest BCUT2D eigenvalue weighted by atomic mass is 9.85. The molecule has 4 unspecified atom stereocenters. The van der Waals surface area contributed by atoms with Crippen LogP contribution in [0.25, 0.3) is 0 Å². The molecule has 3 rings (SSSR count). The molecule has 5 nitrogen and oxygen atoms in total. The minimum absolute atomic E-state index is 0.0743. The average Bonchev–Trinajstić information content (AvgIpc) is 3.35. The molecule has 1 saturated carbocycles. The predicted molar refractivity (Wildman–Crippen MR) is 137 cm³/mol. The van der Waals surface area contributed by atoms with Crippen LogP contribution in [-0.4, -0.2) is 39.8 Å². The van der Waals surface area contributed by atoms with Crippen molar-refractivity contribution in [3.8, 4) is 0 Å². The van der Waals surface area contributed by atoms with Gasteiger partial charge in [0.1, 0.15) is 0 Å². The van der Waals surface area contributed by atoms with Crippen molar-refractivity contribution in [2.24, 2.45) is 11.8 Å². The van der Waals surface area contributed by atoms with E-state index in [4.69, 9.17) is 11.6 Å². The number of rotatable bonds is 13.